The van der Waals surface area contributed by atoms with E-state index in [-0.39, 0.29) is 12.7 Å². The number of nitrogens with one attached hydrogen (secondary N) is 1. The van der Waals surface area contributed by atoms with Crippen molar-refractivity contribution in [2.24, 2.45) is 12.1 Å². The molecule has 4 rings (SSSR count). The molecule has 2 aromatic carbocycles. The fourth-order valence-electron chi connectivity index (χ4n) is 2.72. The molecule has 1 aromatic heterocycles. The van der Waals surface area contributed by atoms with Crippen LogP contribution in [0.2, 0.25) is 0 Å². The van der Waals surface area contributed by atoms with Crippen molar-refractivity contribution in [1.29, 1.82) is 0 Å². The number of hydrazone groups is 1. The summed E-state index contributed by atoms with van der Waals surface area (Å²) >= 11 is 0. The van der Waals surface area contributed by atoms with Crippen LogP contribution in [0.1, 0.15) is 16.1 Å². The number of ether oxygens (including phenoxy) is 2. The van der Waals surface area contributed by atoms with Crippen LogP contribution in [-0.4, -0.2) is 23.5 Å². The second-order valence-corrected chi connectivity index (χ2v) is 5.46. The minimum Gasteiger partial charge on any atom is -0.454 e. The molecule has 2 heterocycles. The van der Waals surface area contributed by atoms with Gasteiger partial charge >= 0.3 is 0 Å². The van der Waals surface area contributed by atoms with E-state index in [1.54, 1.807) is 6.21 Å². The first kappa shape index (κ1) is 14.3. The lowest BCUT2D eigenvalue weighted by Crippen LogP contribution is -2.20. The highest BCUT2D eigenvalue weighted by Gasteiger charge is 2.13. The Bertz CT molecular complexity index is 959. The number of amides is 1. The highest BCUT2D eigenvalue weighted by atomic mass is 16.7. The van der Waals surface area contributed by atoms with Crippen LogP contribution >= 0.6 is 0 Å². The van der Waals surface area contributed by atoms with Crippen LogP contribution in [0.4, 0.5) is 0 Å². The first-order chi connectivity index (χ1) is 11.7. The Morgan fingerprint density at radius 3 is 2.88 bits per heavy atom. The van der Waals surface area contributed by atoms with Gasteiger partial charge in [0, 0.05) is 18.0 Å². The molecule has 0 aliphatic carbocycles. The van der Waals surface area contributed by atoms with E-state index in [1.165, 1.54) is 0 Å². The smallest absolute Gasteiger partial charge is 0.287 e. The summed E-state index contributed by atoms with van der Waals surface area (Å²) in [5.74, 6) is 1.14. The number of para-hydroxylation sites is 1. The number of aromatic nitrogens is 1. The Balaban J connectivity index is 1.50. The van der Waals surface area contributed by atoms with Crippen LogP contribution in [0.3, 0.4) is 0 Å². The number of aryl methyl sites for hydroxylation is 1. The largest absolute Gasteiger partial charge is 0.454 e. The Labute approximate surface area is 138 Å². The van der Waals surface area contributed by atoms with Gasteiger partial charge in [0.15, 0.2) is 11.5 Å². The van der Waals surface area contributed by atoms with Gasteiger partial charge in [-0.1, -0.05) is 18.2 Å². The summed E-state index contributed by atoms with van der Waals surface area (Å²) in [5.41, 5.74) is 4.93. The van der Waals surface area contributed by atoms with Gasteiger partial charge in [0.25, 0.3) is 5.91 Å². The summed E-state index contributed by atoms with van der Waals surface area (Å²) in [4.78, 5) is 12.3. The lowest BCUT2D eigenvalue weighted by molar-refractivity contribution is 0.0947. The molecule has 0 bridgehead atoms. The third kappa shape index (κ3) is 2.48. The molecule has 120 valence electrons. The maximum Gasteiger partial charge on any atom is 0.287 e. The molecule has 1 N–H and O–H groups in total. The second kappa shape index (κ2) is 5.73. The van der Waals surface area contributed by atoms with Gasteiger partial charge in [-0.15, -0.1) is 0 Å². The zero-order valence-corrected chi connectivity index (χ0v) is 13.0. The monoisotopic (exact) mass is 321 g/mol. The van der Waals surface area contributed by atoms with E-state index < -0.39 is 0 Å². The van der Waals surface area contributed by atoms with E-state index in [0.717, 1.165) is 16.5 Å². The van der Waals surface area contributed by atoms with Crippen molar-refractivity contribution in [3.05, 3.63) is 59.8 Å². The molecule has 0 saturated heterocycles. The van der Waals surface area contributed by atoms with Gasteiger partial charge in [0.05, 0.1) is 6.21 Å². The molecule has 6 nitrogen and oxygen atoms in total. The number of carbonyl (C=O) groups excluding carboxylic acids is 1. The quantitative estimate of drug-likeness (QED) is 0.596. The fraction of sp³-hybridized carbons (Fsp3) is 0.111. The van der Waals surface area contributed by atoms with Crippen molar-refractivity contribution in [2.45, 2.75) is 0 Å². The summed E-state index contributed by atoms with van der Waals surface area (Å²) in [5, 5.41) is 5.04. The van der Waals surface area contributed by atoms with Gasteiger partial charge in [0.1, 0.15) is 5.69 Å². The van der Waals surface area contributed by atoms with Crippen LogP contribution in [0.15, 0.2) is 53.6 Å². The molecular weight excluding hydrogens is 306 g/mol. The zero-order valence-electron chi connectivity index (χ0n) is 13.0. The third-order valence-corrected chi connectivity index (χ3v) is 3.96. The summed E-state index contributed by atoms with van der Waals surface area (Å²) in [6, 6.07) is 15.2. The predicted molar refractivity (Wildman–Crippen MR) is 90.5 cm³/mol. The molecule has 1 aliphatic rings. The molecule has 0 saturated carbocycles. The molecule has 1 amide bonds. The van der Waals surface area contributed by atoms with Gasteiger partial charge in [-0.25, -0.2) is 5.43 Å². The van der Waals surface area contributed by atoms with Crippen LogP contribution < -0.4 is 14.9 Å². The number of fused-ring (bicyclic) bond motifs is 2. The normalized spacial score (nSPS) is 12.9. The molecule has 3 aromatic rings. The minimum atomic E-state index is -0.259. The molecule has 6 heteroatoms. The standard InChI is InChI=1S/C18H15N3O3/c1-21-14-5-3-2-4-13(14)9-15(21)18(22)20-19-10-12-6-7-16-17(8-12)24-11-23-16/h2-10H,11H2,1H3,(H,20,22)/b19-10-. The van der Waals surface area contributed by atoms with Gasteiger partial charge in [-0.2, -0.15) is 5.10 Å². The average Bonchev–Trinajstić information content (AvgIpc) is 3.19. The third-order valence-electron chi connectivity index (χ3n) is 3.96. The number of carbonyl (C=O) groups is 1. The van der Waals surface area contributed by atoms with Gasteiger partial charge in [0.2, 0.25) is 6.79 Å². The molecule has 0 unspecified atom stereocenters. The van der Waals surface area contributed by atoms with Crippen molar-refractivity contribution in [2.75, 3.05) is 6.79 Å². The lowest BCUT2D eigenvalue weighted by Gasteiger charge is -2.02. The number of rotatable bonds is 3. The number of benzene rings is 2. The lowest BCUT2D eigenvalue weighted by atomic mass is 10.2. The van der Waals surface area contributed by atoms with Crippen LogP contribution in [0.25, 0.3) is 10.9 Å². The molecule has 24 heavy (non-hydrogen) atoms. The molecule has 0 fully saturated rings. The van der Waals surface area contributed by atoms with E-state index in [9.17, 15) is 4.79 Å². The van der Waals surface area contributed by atoms with E-state index in [1.807, 2.05) is 60.1 Å². The summed E-state index contributed by atoms with van der Waals surface area (Å²) in [7, 11) is 1.86. The van der Waals surface area contributed by atoms with Crippen LogP contribution in [-0.2, 0) is 7.05 Å². The molecule has 1 aliphatic heterocycles. The Kier molecular flexibility index (Phi) is 3.42. The molecule has 0 atom stereocenters. The summed E-state index contributed by atoms with van der Waals surface area (Å²) in [6.07, 6.45) is 1.57. The Morgan fingerprint density at radius 2 is 2.00 bits per heavy atom. The highest BCUT2D eigenvalue weighted by Crippen LogP contribution is 2.31. The maximum atomic E-state index is 12.3. The van der Waals surface area contributed by atoms with E-state index in [4.69, 9.17) is 9.47 Å². The van der Waals surface area contributed by atoms with Crippen molar-refractivity contribution < 1.29 is 14.3 Å². The van der Waals surface area contributed by atoms with Crippen LogP contribution in [0.5, 0.6) is 11.5 Å². The minimum absolute atomic E-state index is 0.230. The topological polar surface area (TPSA) is 64.9 Å². The van der Waals surface area contributed by atoms with Gasteiger partial charge < -0.3 is 14.0 Å². The first-order valence-corrected chi connectivity index (χ1v) is 7.50. The van der Waals surface area contributed by atoms with E-state index >= 15 is 0 Å². The average molecular weight is 321 g/mol. The van der Waals surface area contributed by atoms with Crippen molar-refractivity contribution >= 4 is 23.0 Å². The second-order valence-electron chi connectivity index (χ2n) is 5.46. The number of hydrogen-bond donors (Lipinski definition) is 1. The van der Waals surface area contributed by atoms with Crippen molar-refractivity contribution in [1.82, 2.24) is 9.99 Å². The SMILES string of the molecule is Cn1c(C(=O)N/N=C\c2ccc3c(c2)OCO3)cc2ccccc21. The highest BCUT2D eigenvalue weighted by molar-refractivity contribution is 5.99. The molecular formula is C18H15N3O3. The number of hydrogen-bond acceptors (Lipinski definition) is 4. The van der Waals surface area contributed by atoms with Crippen molar-refractivity contribution in [3.63, 3.8) is 0 Å². The Morgan fingerprint density at radius 1 is 1.17 bits per heavy atom. The summed E-state index contributed by atoms with van der Waals surface area (Å²) < 4.78 is 12.4. The van der Waals surface area contributed by atoms with E-state index in [2.05, 4.69) is 10.5 Å². The Hall–Kier alpha value is -3.28. The first-order valence-electron chi connectivity index (χ1n) is 7.50. The van der Waals surface area contributed by atoms with Gasteiger partial charge in [-0.05, 0) is 35.9 Å². The fourth-order valence-corrected chi connectivity index (χ4v) is 2.72. The van der Waals surface area contributed by atoms with Crippen molar-refractivity contribution in [3.8, 4) is 11.5 Å². The number of nitrogens with zero attached hydrogens (tertiary/aromatic N) is 2. The molecule has 0 spiro atoms. The van der Waals surface area contributed by atoms with E-state index in [0.29, 0.717) is 17.2 Å². The molecule has 0 radical (unpaired) electrons. The van der Waals surface area contributed by atoms with Gasteiger partial charge in [-0.3, -0.25) is 4.79 Å². The van der Waals surface area contributed by atoms with Crippen LogP contribution in [0, 0.1) is 0 Å². The predicted octanol–water partition coefficient (Wildman–Crippen LogP) is 2.67. The summed E-state index contributed by atoms with van der Waals surface area (Å²) in [6.45, 7) is 0.230. The maximum absolute atomic E-state index is 12.3. The zero-order chi connectivity index (χ0) is 16.5.